The number of benzene rings is 3. The number of hydrogen-bond donors (Lipinski definition) is 0. The molecule has 32 heavy (non-hydrogen) atoms. The van der Waals surface area contributed by atoms with Gasteiger partial charge in [-0.1, -0.05) is 12.1 Å². The Hall–Kier alpha value is -3.93. The van der Waals surface area contributed by atoms with Crippen LogP contribution < -0.4 is 24.7 Å². The van der Waals surface area contributed by atoms with E-state index in [0.29, 0.717) is 25.5 Å². The standard InChI is InChI=1S/C26H23NO5/c1-3-30-20-10-6-18(7-11-20)27-15-23-24(31-16-27)13-12-21-22(14-25(28)32-26(21)23)17-4-8-19(29-2)9-5-17/h4-14H,3,15-16H2,1-2H3. The Labute approximate surface area is 185 Å². The summed E-state index contributed by atoms with van der Waals surface area (Å²) in [5.74, 6) is 2.32. The van der Waals surface area contributed by atoms with Gasteiger partial charge in [0.1, 0.15) is 22.8 Å². The van der Waals surface area contributed by atoms with Crippen LogP contribution in [-0.2, 0) is 6.54 Å². The third-order valence-corrected chi connectivity index (χ3v) is 5.61. The Balaban J connectivity index is 1.56. The van der Waals surface area contributed by atoms with E-state index in [2.05, 4.69) is 4.90 Å². The topological polar surface area (TPSA) is 61.1 Å². The van der Waals surface area contributed by atoms with Gasteiger partial charge in [0.2, 0.25) is 0 Å². The van der Waals surface area contributed by atoms with Crippen LogP contribution in [0, 0.1) is 0 Å². The van der Waals surface area contributed by atoms with Crippen molar-refractivity contribution in [3.8, 4) is 28.4 Å². The number of hydrogen-bond acceptors (Lipinski definition) is 6. The lowest BCUT2D eigenvalue weighted by Gasteiger charge is -2.31. The maximum absolute atomic E-state index is 12.5. The molecule has 0 fully saturated rings. The zero-order valence-electron chi connectivity index (χ0n) is 18.0. The van der Waals surface area contributed by atoms with E-state index in [4.69, 9.17) is 18.6 Å². The third-order valence-electron chi connectivity index (χ3n) is 5.61. The van der Waals surface area contributed by atoms with Crippen LogP contribution in [0.3, 0.4) is 0 Å². The van der Waals surface area contributed by atoms with Gasteiger partial charge in [0.25, 0.3) is 0 Å². The largest absolute Gasteiger partial charge is 0.497 e. The molecule has 0 unspecified atom stereocenters. The number of methoxy groups -OCH3 is 1. The smallest absolute Gasteiger partial charge is 0.336 e. The Morgan fingerprint density at radius 2 is 1.72 bits per heavy atom. The van der Waals surface area contributed by atoms with Gasteiger partial charge in [0, 0.05) is 17.1 Å². The minimum atomic E-state index is -0.394. The molecule has 0 aliphatic carbocycles. The molecule has 3 aromatic carbocycles. The zero-order chi connectivity index (χ0) is 22.1. The van der Waals surface area contributed by atoms with E-state index < -0.39 is 5.63 Å². The number of rotatable bonds is 5. The molecule has 4 aromatic rings. The van der Waals surface area contributed by atoms with Crippen molar-refractivity contribution in [1.29, 1.82) is 0 Å². The minimum absolute atomic E-state index is 0.394. The van der Waals surface area contributed by atoms with Crippen molar-refractivity contribution in [2.45, 2.75) is 13.5 Å². The fraction of sp³-hybridized carbons (Fsp3) is 0.192. The molecule has 0 spiro atoms. The van der Waals surface area contributed by atoms with Crippen molar-refractivity contribution in [2.24, 2.45) is 0 Å². The second-order valence-electron chi connectivity index (χ2n) is 7.52. The van der Waals surface area contributed by atoms with E-state index in [9.17, 15) is 4.79 Å². The molecule has 0 N–H and O–H groups in total. The molecule has 1 aliphatic rings. The molecule has 0 radical (unpaired) electrons. The molecule has 5 rings (SSSR count). The molecule has 0 saturated heterocycles. The lowest BCUT2D eigenvalue weighted by atomic mass is 9.99. The molecule has 0 amide bonds. The van der Waals surface area contributed by atoms with Crippen LogP contribution in [0.25, 0.3) is 22.1 Å². The molecule has 6 nitrogen and oxygen atoms in total. The molecule has 0 atom stereocenters. The van der Waals surface area contributed by atoms with Crippen LogP contribution in [-0.4, -0.2) is 20.4 Å². The second-order valence-corrected chi connectivity index (χ2v) is 7.52. The maximum atomic E-state index is 12.5. The fourth-order valence-electron chi connectivity index (χ4n) is 4.03. The molecule has 162 valence electrons. The van der Waals surface area contributed by atoms with Crippen molar-refractivity contribution in [2.75, 3.05) is 25.3 Å². The van der Waals surface area contributed by atoms with Gasteiger partial charge in [-0.05, 0) is 66.6 Å². The highest BCUT2D eigenvalue weighted by Gasteiger charge is 2.23. The number of nitrogens with zero attached hydrogens (tertiary/aromatic N) is 1. The lowest BCUT2D eigenvalue weighted by molar-refractivity contribution is 0.289. The number of ether oxygens (including phenoxy) is 3. The highest BCUT2D eigenvalue weighted by Crippen LogP contribution is 2.37. The second kappa shape index (κ2) is 8.30. The molecule has 0 bridgehead atoms. The van der Waals surface area contributed by atoms with Gasteiger partial charge in [-0.25, -0.2) is 4.79 Å². The zero-order valence-corrected chi connectivity index (χ0v) is 18.0. The predicted molar refractivity (Wildman–Crippen MR) is 124 cm³/mol. The lowest BCUT2D eigenvalue weighted by Crippen LogP contribution is -2.32. The summed E-state index contributed by atoms with van der Waals surface area (Å²) in [6.45, 7) is 3.56. The van der Waals surface area contributed by atoms with Crippen LogP contribution in [0.5, 0.6) is 17.2 Å². The average molecular weight is 429 g/mol. The average Bonchev–Trinajstić information content (AvgIpc) is 2.84. The van der Waals surface area contributed by atoms with Crippen molar-refractivity contribution in [3.63, 3.8) is 0 Å². The number of anilines is 1. The normalized spacial score (nSPS) is 12.9. The van der Waals surface area contributed by atoms with Crippen LogP contribution in [0.4, 0.5) is 5.69 Å². The molecule has 0 saturated carbocycles. The fourth-order valence-corrected chi connectivity index (χ4v) is 4.03. The van der Waals surface area contributed by atoms with Crippen LogP contribution in [0.1, 0.15) is 12.5 Å². The highest BCUT2D eigenvalue weighted by molar-refractivity contribution is 5.96. The van der Waals surface area contributed by atoms with E-state index >= 15 is 0 Å². The Bertz CT molecular complexity index is 1310. The Morgan fingerprint density at radius 3 is 2.44 bits per heavy atom. The first-order valence-corrected chi connectivity index (χ1v) is 10.5. The highest BCUT2D eigenvalue weighted by atomic mass is 16.5. The monoisotopic (exact) mass is 429 g/mol. The van der Waals surface area contributed by atoms with Crippen molar-refractivity contribution >= 4 is 16.7 Å². The molecule has 2 heterocycles. The molecule has 1 aromatic heterocycles. The van der Waals surface area contributed by atoms with Crippen molar-refractivity contribution < 1.29 is 18.6 Å². The first-order valence-electron chi connectivity index (χ1n) is 10.5. The van der Waals surface area contributed by atoms with Crippen molar-refractivity contribution in [1.82, 2.24) is 0 Å². The summed E-state index contributed by atoms with van der Waals surface area (Å²) in [5, 5.41) is 0.866. The predicted octanol–water partition coefficient (Wildman–Crippen LogP) is 5.22. The summed E-state index contributed by atoms with van der Waals surface area (Å²) < 4.78 is 22.5. The van der Waals surface area contributed by atoms with Crippen LogP contribution >= 0.6 is 0 Å². The molecule has 6 heteroatoms. The van der Waals surface area contributed by atoms with Crippen LogP contribution in [0.15, 0.2) is 75.9 Å². The van der Waals surface area contributed by atoms with Gasteiger partial charge in [-0.2, -0.15) is 0 Å². The van der Waals surface area contributed by atoms with Gasteiger partial charge in [-0.3, -0.25) is 0 Å². The minimum Gasteiger partial charge on any atom is -0.497 e. The van der Waals surface area contributed by atoms with Gasteiger partial charge in [0.05, 0.1) is 25.8 Å². The van der Waals surface area contributed by atoms with Gasteiger partial charge in [-0.15, -0.1) is 0 Å². The van der Waals surface area contributed by atoms with Crippen molar-refractivity contribution in [3.05, 3.63) is 82.7 Å². The number of fused-ring (bicyclic) bond motifs is 3. The molecule has 1 aliphatic heterocycles. The van der Waals surface area contributed by atoms with Gasteiger partial charge < -0.3 is 23.5 Å². The van der Waals surface area contributed by atoms with Gasteiger partial charge in [0.15, 0.2) is 6.73 Å². The maximum Gasteiger partial charge on any atom is 0.336 e. The summed E-state index contributed by atoms with van der Waals surface area (Å²) in [7, 11) is 1.63. The van der Waals surface area contributed by atoms with E-state index in [1.807, 2.05) is 67.6 Å². The molecular weight excluding hydrogens is 406 g/mol. The summed E-state index contributed by atoms with van der Waals surface area (Å²) in [4.78, 5) is 14.6. The quantitative estimate of drug-likeness (QED) is 0.405. The van der Waals surface area contributed by atoms with E-state index in [0.717, 1.165) is 45.0 Å². The van der Waals surface area contributed by atoms with E-state index in [1.54, 1.807) is 7.11 Å². The first-order chi connectivity index (χ1) is 15.7. The SMILES string of the molecule is CCOc1ccc(N2COc3ccc4c(-c5ccc(OC)cc5)cc(=O)oc4c3C2)cc1. The summed E-state index contributed by atoms with van der Waals surface area (Å²) in [5.41, 5.74) is 3.76. The molecular formula is C26H23NO5. The Morgan fingerprint density at radius 1 is 0.969 bits per heavy atom. The first kappa shape index (κ1) is 20.0. The summed E-state index contributed by atoms with van der Waals surface area (Å²) in [6.07, 6.45) is 0. The third kappa shape index (κ3) is 3.64. The van der Waals surface area contributed by atoms with E-state index in [1.165, 1.54) is 6.07 Å². The van der Waals surface area contributed by atoms with Gasteiger partial charge >= 0.3 is 5.63 Å². The Kier molecular flexibility index (Phi) is 5.19. The van der Waals surface area contributed by atoms with E-state index in [-0.39, 0.29) is 0 Å². The van der Waals surface area contributed by atoms with Crippen LogP contribution in [0.2, 0.25) is 0 Å². The summed E-state index contributed by atoms with van der Waals surface area (Å²) >= 11 is 0. The summed E-state index contributed by atoms with van der Waals surface area (Å²) in [6, 6.07) is 21.0.